The number of hydrogen-bond acceptors (Lipinski definition) is 7. The molecule has 0 heterocycles. The number of aliphatic carboxylic acids is 1. The first-order valence-corrected chi connectivity index (χ1v) is 9.21. The van der Waals surface area contributed by atoms with Crippen LogP contribution < -0.4 is 27.0 Å². The van der Waals surface area contributed by atoms with Crippen LogP contribution in [0.3, 0.4) is 0 Å². The molecule has 5 atom stereocenters. The van der Waals surface area contributed by atoms with Crippen LogP contribution in [0.5, 0.6) is 0 Å². The van der Waals surface area contributed by atoms with Crippen molar-refractivity contribution < 1.29 is 34.2 Å². The highest BCUT2D eigenvalue weighted by Crippen LogP contribution is 2.05. The first kappa shape index (κ1) is 26.3. The number of aliphatic hydroxyl groups is 1. The zero-order valence-corrected chi connectivity index (χ0v) is 17.0. The van der Waals surface area contributed by atoms with Crippen molar-refractivity contribution in [1.29, 1.82) is 0 Å². The van der Waals surface area contributed by atoms with Crippen molar-refractivity contribution in [3.05, 3.63) is 0 Å². The summed E-state index contributed by atoms with van der Waals surface area (Å²) in [4.78, 5) is 58.5. The molecule has 0 aromatic heterocycles. The molecule has 4 amide bonds. The molecule has 166 valence electrons. The number of carboxylic acid groups (broad SMARTS) is 1. The van der Waals surface area contributed by atoms with Crippen LogP contribution >= 0.6 is 0 Å². The van der Waals surface area contributed by atoms with E-state index in [0.717, 1.165) is 0 Å². The highest BCUT2D eigenvalue weighted by atomic mass is 16.4. The molecule has 0 aliphatic rings. The second-order valence-corrected chi connectivity index (χ2v) is 6.73. The number of carbonyl (C=O) groups is 5. The van der Waals surface area contributed by atoms with E-state index in [2.05, 4.69) is 21.3 Å². The number of carbonyl (C=O) groups excluding carboxylic acids is 4. The third kappa shape index (κ3) is 9.34. The van der Waals surface area contributed by atoms with Gasteiger partial charge in [-0.2, -0.15) is 0 Å². The van der Waals surface area contributed by atoms with Crippen molar-refractivity contribution in [2.45, 2.75) is 58.3 Å². The fourth-order valence-electron chi connectivity index (χ4n) is 2.02. The highest BCUT2D eigenvalue weighted by Gasteiger charge is 2.27. The van der Waals surface area contributed by atoms with Crippen molar-refractivity contribution in [3.8, 4) is 0 Å². The van der Waals surface area contributed by atoms with E-state index in [9.17, 15) is 29.1 Å². The second-order valence-electron chi connectivity index (χ2n) is 6.73. The molecule has 29 heavy (non-hydrogen) atoms. The molecule has 0 fully saturated rings. The number of rotatable bonds is 12. The number of hydrogen-bond donors (Lipinski definition) is 7. The van der Waals surface area contributed by atoms with Gasteiger partial charge in [0.05, 0.1) is 19.2 Å². The van der Waals surface area contributed by atoms with Gasteiger partial charge in [0, 0.05) is 0 Å². The monoisotopic (exact) mass is 417 g/mol. The van der Waals surface area contributed by atoms with E-state index < -0.39 is 66.9 Å². The van der Waals surface area contributed by atoms with E-state index in [-0.39, 0.29) is 5.92 Å². The predicted molar refractivity (Wildman–Crippen MR) is 102 cm³/mol. The molecule has 0 spiro atoms. The molecule has 12 nitrogen and oxygen atoms in total. The molecule has 0 radical (unpaired) electrons. The molecule has 0 aliphatic heterocycles. The summed E-state index contributed by atoms with van der Waals surface area (Å²) in [6, 6.07) is -4.31. The molecule has 8 N–H and O–H groups in total. The summed E-state index contributed by atoms with van der Waals surface area (Å²) in [5, 5.41) is 27.0. The van der Waals surface area contributed by atoms with E-state index in [4.69, 9.17) is 10.8 Å². The lowest BCUT2D eigenvalue weighted by Crippen LogP contribution is -2.57. The molecule has 0 saturated heterocycles. The molecular formula is C17H31N5O7. The Morgan fingerprint density at radius 1 is 0.897 bits per heavy atom. The van der Waals surface area contributed by atoms with Crippen LogP contribution in [0.25, 0.3) is 0 Å². The highest BCUT2D eigenvalue weighted by molar-refractivity contribution is 5.94. The average Bonchev–Trinajstić information content (AvgIpc) is 2.68. The summed E-state index contributed by atoms with van der Waals surface area (Å²) in [6.07, 6.45) is 0.681. The summed E-state index contributed by atoms with van der Waals surface area (Å²) < 4.78 is 0. The van der Waals surface area contributed by atoms with Crippen LogP contribution in [0.1, 0.15) is 34.1 Å². The Balaban J connectivity index is 4.62. The van der Waals surface area contributed by atoms with Crippen molar-refractivity contribution in [2.75, 3.05) is 13.2 Å². The number of amides is 4. The Bertz CT molecular complexity index is 613. The fraction of sp³-hybridized carbons (Fsp3) is 0.706. The van der Waals surface area contributed by atoms with Gasteiger partial charge in [-0.1, -0.05) is 20.3 Å². The third-order valence-corrected chi connectivity index (χ3v) is 4.30. The van der Waals surface area contributed by atoms with Gasteiger partial charge in [-0.15, -0.1) is 0 Å². The molecule has 0 unspecified atom stereocenters. The lowest BCUT2D eigenvalue weighted by molar-refractivity contribution is -0.141. The average molecular weight is 417 g/mol. The standard InChI is InChI=1S/C17H31N5O7/c1-5-8(2)13(18)16(27)21-9(3)14(25)22-11(7-23)15(26)19-6-12(24)20-10(4)17(28)29/h8-11,13,23H,5-7,18H2,1-4H3,(H,19,26)(H,20,24)(H,21,27)(H,22,25)(H,28,29)/t8-,9-,10-,11-,13-/m0/s1. The van der Waals surface area contributed by atoms with Crippen molar-refractivity contribution in [3.63, 3.8) is 0 Å². The van der Waals surface area contributed by atoms with Gasteiger partial charge in [0.25, 0.3) is 0 Å². The van der Waals surface area contributed by atoms with Crippen LogP contribution in [0.15, 0.2) is 0 Å². The zero-order chi connectivity index (χ0) is 22.7. The van der Waals surface area contributed by atoms with E-state index in [1.54, 1.807) is 6.92 Å². The van der Waals surface area contributed by atoms with Crippen LogP contribution in [0.4, 0.5) is 0 Å². The molecule has 0 saturated carbocycles. The summed E-state index contributed by atoms with van der Waals surface area (Å²) in [5.41, 5.74) is 5.79. The van der Waals surface area contributed by atoms with Gasteiger partial charge in [-0.05, 0) is 19.8 Å². The van der Waals surface area contributed by atoms with Gasteiger partial charge in [-0.3, -0.25) is 24.0 Å². The molecule has 0 bridgehead atoms. The zero-order valence-electron chi connectivity index (χ0n) is 17.0. The first-order chi connectivity index (χ1) is 13.4. The Hall–Kier alpha value is -2.73. The van der Waals surface area contributed by atoms with Gasteiger partial charge in [0.1, 0.15) is 18.1 Å². The van der Waals surface area contributed by atoms with Crippen molar-refractivity contribution in [2.24, 2.45) is 11.7 Å². The number of aliphatic hydroxyl groups excluding tert-OH is 1. The predicted octanol–water partition coefficient (Wildman–Crippen LogP) is -2.95. The smallest absolute Gasteiger partial charge is 0.325 e. The van der Waals surface area contributed by atoms with Gasteiger partial charge >= 0.3 is 5.97 Å². The van der Waals surface area contributed by atoms with Crippen LogP contribution in [-0.2, 0) is 24.0 Å². The lowest BCUT2D eigenvalue weighted by atomic mass is 9.99. The summed E-state index contributed by atoms with van der Waals surface area (Å²) in [5.74, 6) is -4.18. The Morgan fingerprint density at radius 2 is 1.48 bits per heavy atom. The van der Waals surface area contributed by atoms with E-state index in [1.165, 1.54) is 13.8 Å². The Morgan fingerprint density at radius 3 is 1.97 bits per heavy atom. The van der Waals surface area contributed by atoms with E-state index in [1.807, 2.05) is 6.92 Å². The minimum atomic E-state index is -1.37. The molecule has 0 aliphatic carbocycles. The van der Waals surface area contributed by atoms with Crippen molar-refractivity contribution >= 4 is 29.6 Å². The van der Waals surface area contributed by atoms with Gasteiger partial charge in [-0.25, -0.2) is 0 Å². The quantitative estimate of drug-likeness (QED) is 0.175. The largest absolute Gasteiger partial charge is 0.480 e. The third-order valence-electron chi connectivity index (χ3n) is 4.30. The van der Waals surface area contributed by atoms with E-state index in [0.29, 0.717) is 6.42 Å². The maximum atomic E-state index is 12.2. The number of nitrogens with one attached hydrogen (secondary N) is 4. The minimum Gasteiger partial charge on any atom is -0.480 e. The molecular weight excluding hydrogens is 386 g/mol. The maximum absolute atomic E-state index is 12.2. The summed E-state index contributed by atoms with van der Waals surface area (Å²) in [6.45, 7) is 5.03. The van der Waals surface area contributed by atoms with Gasteiger partial charge in [0.15, 0.2) is 0 Å². The van der Waals surface area contributed by atoms with E-state index >= 15 is 0 Å². The molecule has 0 rings (SSSR count). The maximum Gasteiger partial charge on any atom is 0.325 e. The lowest BCUT2D eigenvalue weighted by Gasteiger charge is -2.22. The van der Waals surface area contributed by atoms with Crippen LogP contribution in [0.2, 0.25) is 0 Å². The molecule has 0 aromatic carbocycles. The molecule has 0 aromatic rings. The van der Waals surface area contributed by atoms with Crippen LogP contribution in [0, 0.1) is 5.92 Å². The number of nitrogens with two attached hydrogens (primary N) is 1. The fourth-order valence-corrected chi connectivity index (χ4v) is 2.02. The van der Waals surface area contributed by atoms with Crippen molar-refractivity contribution in [1.82, 2.24) is 21.3 Å². The molecule has 12 heteroatoms. The van der Waals surface area contributed by atoms with Gasteiger partial charge < -0.3 is 37.2 Å². The van der Waals surface area contributed by atoms with Gasteiger partial charge in [0.2, 0.25) is 23.6 Å². The normalized spacial score (nSPS) is 15.8. The first-order valence-electron chi connectivity index (χ1n) is 9.21. The summed E-state index contributed by atoms with van der Waals surface area (Å²) >= 11 is 0. The second kappa shape index (κ2) is 12.7. The summed E-state index contributed by atoms with van der Waals surface area (Å²) in [7, 11) is 0. The Labute approximate surface area is 169 Å². The number of carboxylic acids is 1. The van der Waals surface area contributed by atoms with Crippen LogP contribution in [-0.4, -0.2) is 77.1 Å². The SMILES string of the molecule is CC[C@H](C)[C@H](N)C(=O)N[C@@H](C)C(=O)N[C@@H](CO)C(=O)NCC(=O)N[C@@H](C)C(=O)O. The topological polar surface area (TPSA) is 200 Å². The minimum absolute atomic E-state index is 0.0868. The Kier molecular flexibility index (Phi) is 11.5.